The molecule has 1 aromatic rings. The third-order valence-electron chi connectivity index (χ3n) is 2.36. The maximum Gasteiger partial charge on any atom is 0.217 e. The largest absolute Gasteiger partial charge is 0.385 e. The van der Waals surface area contributed by atoms with Gasteiger partial charge in [-0.1, -0.05) is 13.8 Å². The molecule has 0 radical (unpaired) electrons. The van der Waals surface area contributed by atoms with E-state index in [0.29, 0.717) is 19.0 Å². The van der Waals surface area contributed by atoms with Crippen LogP contribution in [0.1, 0.15) is 20.3 Å². The second kappa shape index (κ2) is 5.75. The number of rotatable bonds is 6. The van der Waals surface area contributed by atoms with Gasteiger partial charge in [-0.05, 0) is 11.8 Å². The van der Waals surface area contributed by atoms with Gasteiger partial charge in [0.25, 0.3) is 0 Å². The van der Waals surface area contributed by atoms with E-state index in [1.807, 2.05) is 0 Å². The maximum atomic E-state index is 12.8. The van der Waals surface area contributed by atoms with Gasteiger partial charge in [0.2, 0.25) is 5.95 Å². The predicted molar refractivity (Wildman–Crippen MR) is 60.8 cm³/mol. The van der Waals surface area contributed by atoms with Gasteiger partial charge in [-0.25, -0.2) is 9.97 Å². The molecule has 0 bridgehead atoms. The van der Waals surface area contributed by atoms with Gasteiger partial charge in [0.1, 0.15) is 12.1 Å². The zero-order valence-corrected chi connectivity index (χ0v) is 9.96. The van der Waals surface area contributed by atoms with Gasteiger partial charge in [0.05, 0.1) is 0 Å². The van der Waals surface area contributed by atoms with Gasteiger partial charge in [-0.2, -0.15) is 4.39 Å². The zero-order chi connectivity index (χ0) is 12.0. The van der Waals surface area contributed by atoms with Crippen LogP contribution in [0, 0.1) is 11.4 Å². The van der Waals surface area contributed by atoms with Gasteiger partial charge < -0.3 is 10.1 Å². The van der Waals surface area contributed by atoms with Gasteiger partial charge in [0.15, 0.2) is 0 Å². The highest BCUT2D eigenvalue weighted by atomic mass is 19.1. The summed E-state index contributed by atoms with van der Waals surface area (Å²) in [7, 11) is 1.68. The Morgan fingerprint density at radius 2 is 2.19 bits per heavy atom. The molecule has 0 saturated carbocycles. The molecular formula is C11H18FN3O. The van der Waals surface area contributed by atoms with Crippen LogP contribution in [0.3, 0.4) is 0 Å². The first kappa shape index (κ1) is 12.8. The second-order valence-corrected chi connectivity index (χ2v) is 4.49. The molecular weight excluding hydrogens is 209 g/mol. The third-order valence-corrected chi connectivity index (χ3v) is 2.36. The van der Waals surface area contributed by atoms with Crippen LogP contribution >= 0.6 is 0 Å². The predicted octanol–water partition coefficient (Wildman–Crippen LogP) is 2.09. The fourth-order valence-corrected chi connectivity index (χ4v) is 1.23. The fraction of sp³-hybridized carbons (Fsp3) is 0.636. The van der Waals surface area contributed by atoms with E-state index < -0.39 is 5.95 Å². The van der Waals surface area contributed by atoms with Crippen LogP contribution in [0.4, 0.5) is 10.2 Å². The van der Waals surface area contributed by atoms with Gasteiger partial charge in [-0.3, -0.25) is 0 Å². The minimum atomic E-state index is -0.521. The Hall–Kier alpha value is -1.23. The number of aromatic nitrogens is 2. The number of nitrogens with one attached hydrogen (secondary N) is 1. The summed E-state index contributed by atoms with van der Waals surface area (Å²) < 4.78 is 17.8. The lowest BCUT2D eigenvalue weighted by Gasteiger charge is -2.24. The minimum absolute atomic E-state index is 0.0808. The lowest BCUT2D eigenvalue weighted by molar-refractivity contribution is 0.157. The van der Waals surface area contributed by atoms with E-state index >= 15 is 0 Å². The molecule has 0 unspecified atom stereocenters. The Balaban J connectivity index is 2.44. The molecule has 0 aromatic carbocycles. The lowest BCUT2D eigenvalue weighted by Crippen LogP contribution is -2.25. The molecule has 0 atom stereocenters. The standard InChI is InChI=1S/C11H18FN3O/c1-11(2,4-5-16-3)7-13-10-6-9(12)14-8-15-10/h6,8H,4-5,7H2,1-3H3,(H,13,14,15). The molecule has 1 rings (SSSR count). The molecule has 1 N–H and O–H groups in total. The van der Waals surface area contributed by atoms with E-state index in [9.17, 15) is 4.39 Å². The summed E-state index contributed by atoms with van der Waals surface area (Å²) in [6.07, 6.45) is 2.14. The molecule has 0 saturated heterocycles. The Labute approximate surface area is 95.3 Å². The van der Waals surface area contributed by atoms with Crippen LogP contribution in [-0.4, -0.2) is 30.2 Å². The highest BCUT2D eigenvalue weighted by Gasteiger charge is 2.17. The summed E-state index contributed by atoms with van der Waals surface area (Å²) >= 11 is 0. The number of hydrogen-bond acceptors (Lipinski definition) is 4. The molecule has 0 aliphatic rings. The third kappa shape index (κ3) is 4.53. The summed E-state index contributed by atoms with van der Waals surface area (Å²) in [6, 6.07) is 1.28. The first-order chi connectivity index (χ1) is 7.53. The van der Waals surface area contributed by atoms with Crippen molar-refractivity contribution in [3.8, 4) is 0 Å². The van der Waals surface area contributed by atoms with Crippen molar-refractivity contribution in [2.45, 2.75) is 20.3 Å². The Morgan fingerprint density at radius 1 is 1.44 bits per heavy atom. The van der Waals surface area contributed by atoms with Crippen molar-refractivity contribution in [3.05, 3.63) is 18.3 Å². The van der Waals surface area contributed by atoms with E-state index in [4.69, 9.17) is 4.74 Å². The molecule has 5 heteroatoms. The first-order valence-electron chi connectivity index (χ1n) is 5.24. The van der Waals surface area contributed by atoms with Gasteiger partial charge in [-0.15, -0.1) is 0 Å². The zero-order valence-electron chi connectivity index (χ0n) is 9.96. The number of nitrogens with zero attached hydrogens (tertiary/aromatic N) is 2. The number of hydrogen-bond donors (Lipinski definition) is 1. The van der Waals surface area contributed by atoms with E-state index in [-0.39, 0.29) is 5.41 Å². The van der Waals surface area contributed by atoms with E-state index in [2.05, 4.69) is 29.1 Å². The van der Waals surface area contributed by atoms with E-state index in [0.717, 1.165) is 6.42 Å². The van der Waals surface area contributed by atoms with Crippen molar-refractivity contribution in [2.24, 2.45) is 5.41 Å². The van der Waals surface area contributed by atoms with Crippen LogP contribution in [0.5, 0.6) is 0 Å². The van der Waals surface area contributed by atoms with Crippen LogP contribution in [0.25, 0.3) is 0 Å². The van der Waals surface area contributed by atoms with E-state index in [1.54, 1.807) is 7.11 Å². The molecule has 1 heterocycles. The molecule has 16 heavy (non-hydrogen) atoms. The molecule has 0 spiro atoms. The average Bonchev–Trinajstić information content (AvgIpc) is 2.24. The SMILES string of the molecule is COCCC(C)(C)CNc1cc(F)ncn1. The van der Waals surface area contributed by atoms with Crippen LogP contribution < -0.4 is 5.32 Å². The number of ether oxygens (including phenoxy) is 1. The van der Waals surface area contributed by atoms with Gasteiger partial charge in [0, 0.05) is 26.3 Å². The fourth-order valence-electron chi connectivity index (χ4n) is 1.23. The van der Waals surface area contributed by atoms with Crippen molar-refractivity contribution in [3.63, 3.8) is 0 Å². The number of methoxy groups -OCH3 is 1. The van der Waals surface area contributed by atoms with Crippen LogP contribution in [0.15, 0.2) is 12.4 Å². The van der Waals surface area contributed by atoms with Crippen LogP contribution in [0.2, 0.25) is 0 Å². The van der Waals surface area contributed by atoms with Crippen molar-refractivity contribution in [1.82, 2.24) is 9.97 Å². The smallest absolute Gasteiger partial charge is 0.217 e. The second-order valence-electron chi connectivity index (χ2n) is 4.49. The summed E-state index contributed by atoms with van der Waals surface area (Å²) in [5.74, 6) is -0.00908. The monoisotopic (exact) mass is 227 g/mol. The molecule has 0 aliphatic carbocycles. The average molecular weight is 227 g/mol. The molecule has 90 valence electrons. The summed E-state index contributed by atoms with van der Waals surface area (Å²) in [6.45, 7) is 5.67. The molecule has 0 aliphatic heterocycles. The summed E-state index contributed by atoms with van der Waals surface area (Å²) in [4.78, 5) is 7.33. The van der Waals surface area contributed by atoms with Crippen molar-refractivity contribution in [2.75, 3.05) is 25.6 Å². The Morgan fingerprint density at radius 3 is 2.81 bits per heavy atom. The maximum absolute atomic E-state index is 12.8. The lowest BCUT2D eigenvalue weighted by atomic mass is 9.90. The van der Waals surface area contributed by atoms with E-state index in [1.165, 1.54) is 12.4 Å². The van der Waals surface area contributed by atoms with Crippen molar-refractivity contribution in [1.29, 1.82) is 0 Å². The summed E-state index contributed by atoms with van der Waals surface area (Å²) in [5.41, 5.74) is 0.0808. The van der Waals surface area contributed by atoms with Crippen molar-refractivity contribution < 1.29 is 9.13 Å². The Bertz CT molecular complexity index is 331. The molecule has 0 amide bonds. The molecule has 4 nitrogen and oxygen atoms in total. The van der Waals surface area contributed by atoms with Crippen LogP contribution in [-0.2, 0) is 4.74 Å². The molecule has 1 aromatic heterocycles. The summed E-state index contributed by atoms with van der Waals surface area (Å²) in [5, 5.41) is 3.09. The molecule has 0 fully saturated rings. The topological polar surface area (TPSA) is 47.0 Å². The minimum Gasteiger partial charge on any atom is -0.385 e. The van der Waals surface area contributed by atoms with Gasteiger partial charge >= 0.3 is 0 Å². The quantitative estimate of drug-likeness (QED) is 0.756. The highest BCUT2D eigenvalue weighted by Crippen LogP contribution is 2.20. The Kier molecular flexibility index (Phi) is 4.61. The first-order valence-corrected chi connectivity index (χ1v) is 5.24. The van der Waals surface area contributed by atoms with Crippen molar-refractivity contribution >= 4 is 5.82 Å². The number of halogens is 1. The highest BCUT2D eigenvalue weighted by molar-refractivity contribution is 5.32. The normalized spacial score (nSPS) is 11.5. The number of anilines is 1.